The molecule has 29 heavy (non-hydrogen) atoms. The highest BCUT2D eigenvalue weighted by atomic mass is 32.1. The molecule has 0 saturated carbocycles. The van der Waals surface area contributed by atoms with Crippen molar-refractivity contribution in [3.8, 4) is 0 Å². The number of benzene rings is 1. The standard InChI is InChI=1S/C21H26N4O3S/c1-20(2,3)15-4-6-16(7-5-15)23-19(26)27-25-11-8-21(9-12-25)14-17(24-28-21)18-22-10-13-29-18/h4-7,10,13-14,24H,8-9,11-12H2,1-3H3,(H,23,26). The van der Waals surface area contributed by atoms with Gasteiger partial charge in [0.2, 0.25) is 0 Å². The van der Waals surface area contributed by atoms with Crippen LogP contribution in [0.3, 0.4) is 0 Å². The van der Waals surface area contributed by atoms with Crippen molar-refractivity contribution >= 4 is 28.8 Å². The van der Waals surface area contributed by atoms with Gasteiger partial charge in [-0.2, -0.15) is 0 Å². The summed E-state index contributed by atoms with van der Waals surface area (Å²) in [5.41, 5.74) is 5.54. The van der Waals surface area contributed by atoms with Crippen molar-refractivity contribution in [2.75, 3.05) is 18.4 Å². The van der Waals surface area contributed by atoms with E-state index < -0.39 is 6.09 Å². The number of thiazole rings is 1. The Bertz CT molecular complexity index is 880. The highest BCUT2D eigenvalue weighted by Gasteiger charge is 2.40. The largest absolute Gasteiger partial charge is 0.430 e. The minimum Gasteiger partial charge on any atom is -0.351 e. The Morgan fingerprint density at radius 1 is 1.28 bits per heavy atom. The zero-order chi connectivity index (χ0) is 20.5. The van der Waals surface area contributed by atoms with E-state index in [2.05, 4.69) is 42.6 Å². The number of amides is 1. The number of piperidine rings is 1. The SMILES string of the molecule is CC(C)(C)c1ccc(NC(=O)ON2CCC3(C=C(c4nccs4)NO3)CC2)cc1. The van der Waals surface area contributed by atoms with Crippen molar-refractivity contribution in [2.45, 2.75) is 44.6 Å². The molecule has 2 N–H and O–H groups in total. The van der Waals surface area contributed by atoms with E-state index in [1.807, 2.05) is 29.6 Å². The zero-order valence-corrected chi connectivity index (χ0v) is 17.7. The lowest BCUT2D eigenvalue weighted by Gasteiger charge is -2.35. The summed E-state index contributed by atoms with van der Waals surface area (Å²) in [6, 6.07) is 7.85. The van der Waals surface area contributed by atoms with Gasteiger partial charge in [-0.3, -0.25) is 15.6 Å². The van der Waals surface area contributed by atoms with Crippen LogP contribution in [-0.2, 0) is 15.1 Å². The average Bonchev–Trinajstić information content (AvgIpc) is 3.34. The molecule has 2 aliphatic rings. The number of hydrogen-bond donors (Lipinski definition) is 2. The van der Waals surface area contributed by atoms with Crippen LogP contribution >= 0.6 is 11.3 Å². The normalized spacial score (nSPS) is 18.9. The van der Waals surface area contributed by atoms with E-state index >= 15 is 0 Å². The molecule has 1 saturated heterocycles. The van der Waals surface area contributed by atoms with E-state index in [9.17, 15) is 4.79 Å². The maximum absolute atomic E-state index is 12.2. The summed E-state index contributed by atoms with van der Waals surface area (Å²) < 4.78 is 0. The van der Waals surface area contributed by atoms with Crippen LogP contribution in [0.15, 0.2) is 41.9 Å². The zero-order valence-electron chi connectivity index (χ0n) is 16.9. The maximum atomic E-state index is 12.2. The molecule has 1 spiro atoms. The van der Waals surface area contributed by atoms with Gasteiger partial charge >= 0.3 is 6.09 Å². The van der Waals surface area contributed by atoms with E-state index in [4.69, 9.17) is 9.68 Å². The summed E-state index contributed by atoms with van der Waals surface area (Å²) in [6.45, 7) is 7.67. The Kier molecular flexibility index (Phi) is 5.33. The molecule has 1 amide bonds. The number of carbonyl (C=O) groups is 1. The lowest BCUT2D eigenvalue weighted by molar-refractivity contribution is -0.153. The Morgan fingerprint density at radius 2 is 2.00 bits per heavy atom. The van der Waals surface area contributed by atoms with Gasteiger partial charge in [0.15, 0.2) is 0 Å². The van der Waals surface area contributed by atoms with Crippen LogP contribution in [-0.4, -0.2) is 34.8 Å². The summed E-state index contributed by atoms with van der Waals surface area (Å²) in [5.74, 6) is 0. The van der Waals surface area contributed by atoms with Gasteiger partial charge < -0.3 is 4.84 Å². The third-order valence-electron chi connectivity index (χ3n) is 5.21. The van der Waals surface area contributed by atoms with E-state index in [1.165, 1.54) is 5.56 Å². The van der Waals surface area contributed by atoms with Gasteiger partial charge in [-0.05, 0) is 42.0 Å². The van der Waals surface area contributed by atoms with Gasteiger partial charge in [-0.15, -0.1) is 16.4 Å². The molecule has 7 nitrogen and oxygen atoms in total. The molecule has 0 bridgehead atoms. The van der Waals surface area contributed by atoms with Crippen molar-refractivity contribution in [3.63, 3.8) is 0 Å². The van der Waals surface area contributed by atoms with Crippen LogP contribution in [0.4, 0.5) is 10.5 Å². The highest BCUT2D eigenvalue weighted by Crippen LogP contribution is 2.35. The quantitative estimate of drug-likeness (QED) is 0.779. The van der Waals surface area contributed by atoms with Gasteiger partial charge in [0.25, 0.3) is 0 Å². The van der Waals surface area contributed by atoms with Crippen molar-refractivity contribution in [3.05, 3.63) is 52.5 Å². The van der Waals surface area contributed by atoms with Gasteiger partial charge in [-0.25, -0.2) is 9.78 Å². The summed E-state index contributed by atoms with van der Waals surface area (Å²) >= 11 is 1.57. The van der Waals surface area contributed by atoms with Crippen molar-refractivity contribution in [1.29, 1.82) is 0 Å². The molecule has 3 heterocycles. The molecular formula is C21H26N4O3S. The number of aromatic nitrogens is 1. The Labute approximate surface area is 174 Å². The fraction of sp³-hybridized carbons (Fsp3) is 0.429. The minimum atomic E-state index is -0.478. The average molecular weight is 415 g/mol. The molecule has 1 aromatic carbocycles. The molecule has 0 atom stereocenters. The molecular weight excluding hydrogens is 388 g/mol. The molecule has 8 heteroatoms. The van der Waals surface area contributed by atoms with Crippen LogP contribution in [0.25, 0.3) is 5.70 Å². The lowest BCUT2D eigenvalue weighted by atomic mass is 9.87. The first kappa shape index (κ1) is 19.9. The predicted molar refractivity (Wildman–Crippen MR) is 113 cm³/mol. The van der Waals surface area contributed by atoms with Crippen molar-refractivity contribution in [2.24, 2.45) is 0 Å². The number of hydrogen-bond acceptors (Lipinski definition) is 7. The second kappa shape index (κ2) is 7.78. The first-order chi connectivity index (χ1) is 13.8. The molecule has 2 aliphatic heterocycles. The number of nitrogens with zero attached hydrogens (tertiary/aromatic N) is 2. The van der Waals surface area contributed by atoms with Crippen LogP contribution in [0, 0.1) is 0 Å². The molecule has 2 aromatic rings. The lowest BCUT2D eigenvalue weighted by Crippen LogP contribution is -2.45. The first-order valence-electron chi connectivity index (χ1n) is 9.74. The van der Waals surface area contributed by atoms with E-state index in [0.717, 1.165) is 29.2 Å². The van der Waals surface area contributed by atoms with E-state index in [1.54, 1.807) is 22.6 Å². The van der Waals surface area contributed by atoms with E-state index in [0.29, 0.717) is 13.1 Å². The fourth-order valence-electron chi connectivity index (χ4n) is 3.45. The smallest absolute Gasteiger partial charge is 0.351 e. The Balaban J connectivity index is 1.28. The van der Waals surface area contributed by atoms with Crippen molar-refractivity contribution in [1.82, 2.24) is 15.5 Å². The van der Waals surface area contributed by atoms with Crippen LogP contribution < -0.4 is 10.8 Å². The van der Waals surface area contributed by atoms with Gasteiger partial charge in [0.05, 0.1) is 5.70 Å². The van der Waals surface area contributed by atoms with Gasteiger partial charge in [0, 0.05) is 30.4 Å². The summed E-state index contributed by atoms with van der Waals surface area (Å²) in [5, 5.41) is 7.33. The highest BCUT2D eigenvalue weighted by molar-refractivity contribution is 7.10. The first-order valence-corrected chi connectivity index (χ1v) is 10.6. The minimum absolute atomic E-state index is 0.0772. The molecule has 1 aromatic heterocycles. The number of carbonyl (C=O) groups excluding carboxylic acids is 1. The molecule has 154 valence electrons. The number of anilines is 1. The van der Waals surface area contributed by atoms with E-state index in [-0.39, 0.29) is 11.0 Å². The second-order valence-corrected chi connectivity index (χ2v) is 9.32. The fourth-order valence-corrected chi connectivity index (χ4v) is 4.05. The Morgan fingerprint density at radius 3 is 2.62 bits per heavy atom. The third kappa shape index (κ3) is 4.60. The molecule has 0 radical (unpaired) electrons. The van der Waals surface area contributed by atoms with Gasteiger partial charge in [-0.1, -0.05) is 32.9 Å². The molecule has 0 aliphatic carbocycles. The monoisotopic (exact) mass is 414 g/mol. The summed E-state index contributed by atoms with van der Waals surface area (Å²) in [7, 11) is 0. The molecule has 1 fully saturated rings. The van der Waals surface area contributed by atoms with Crippen LogP contribution in [0.5, 0.6) is 0 Å². The van der Waals surface area contributed by atoms with Crippen LogP contribution in [0.2, 0.25) is 0 Å². The van der Waals surface area contributed by atoms with Gasteiger partial charge in [0.1, 0.15) is 10.6 Å². The molecule has 0 unspecified atom stereocenters. The number of hydroxylamine groups is 3. The topological polar surface area (TPSA) is 75.7 Å². The number of nitrogens with one attached hydrogen (secondary N) is 2. The predicted octanol–water partition coefficient (Wildman–Crippen LogP) is 4.31. The second-order valence-electron chi connectivity index (χ2n) is 8.42. The third-order valence-corrected chi connectivity index (χ3v) is 6.02. The van der Waals surface area contributed by atoms with Crippen LogP contribution in [0.1, 0.15) is 44.2 Å². The number of rotatable bonds is 3. The molecule has 4 rings (SSSR count). The summed E-state index contributed by atoms with van der Waals surface area (Å²) in [4.78, 5) is 27.9. The van der Waals surface area contributed by atoms with Crippen molar-refractivity contribution < 1.29 is 14.5 Å². The Hall–Kier alpha value is -2.42. The maximum Gasteiger partial charge on any atom is 0.430 e. The summed E-state index contributed by atoms with van der Waals surface area (Å²) in [6.07, 6.45) is 4.85.